The number of imidazole rings is 1. The molecule has 0 aliphatic heterocycles. The van der Waals surface area contributed by atoms with E-state index in [1.54, 1.807) is 20.5 Å². The summed E-state index contributed by atoms with van der Waals surface area (Å²) >= 11 is 1.62. The van der Waals surface area contributed by atoms with Crippen molar-refractivity contribution >= 4 is 28.3 Å². The highest BCUT2D eigenvalue weighted by Crippen LogP contribution is 2.26. The summed E-state index contributed by atoms with van der Waals surface area (Å²) in [4.78, 5) is 26.6. The van der Waals surface area contributed by atoms with Gasteiger partial charge in [-0.3, -0.25) is 13.9 Å². The van der Waals surface area contributed by atoms with E-state index >= 15 is 0 Å². The summed E-state index contributed by atoms with van der Waals surface area (Å²) in [5.41, 5.74) is 2.74. The molecule has 148 valence electrons. The van der Waals surface area contributed by atoms with Crippen molar-refractivity contribution in [2.24, 2.45) is 0 Å². The highest BCUT2D eigenvalue weighted by atomic mass is 32.1. The van der Waals surface area contributed by atoms with E-state index in [4.69, 9.17) is 0 Å². The number of benzene rings is 2. The zero-order valence-corrected chi connectivity index (χ0v) is 17.1. The predicted octanol–water partition coefficient (Wildman–Crippen LogP) is 4.18. The molecule has 6 heteroatoms. The molecule has 29 heavy (non-hydrogen) atoms. The number of nitrogens with zero attached hydrogens (tertiary/aromatic N) is 2. The molecule has 2 heterocycles. The Labute approximate surface area is 173 Å². The molecule has 1 N–H and O–H groups in total. The number of rotatable bonds is 7. The number of nitrogens with one attached hydrogen (secondary N) is 1. The van der Waals surface area contributed by atoms with Gasteiger partial charge in [-0.15, -0.1) is 11.3 Å². The Hall–Kier alpha value is -3.12. The second-order valence-corrected chi connectivity index (χ2v) is 7.82. The fourth-order valence-electron chi connectivity index (χ4n) is 3.66. The van der Waals surface area contributed by atoms with Crippen molar-refractivity contribution < 1.29 is 4.79 Å². The highest BCUT2D eigenvalue weighted by Gasteiger charge is 2.18. The molecule has 0 saturated heterocycles. The molecular weight excluding hydrogens is 382 g/mol. The molecule has 2 aromatic heterocycles. The lowest BCUT2D eigenvalue weighted by Crippen LogP contribution is -2.31. The van der Waals surface area contributed by atoms with Crippen LogP contribution in [0.4, 0.5) is 0 Å². The lowest BCUT2D eigenvalue weighted by atomic mass is 10.1. The quantitative estimate of drug-likeness (QED) is 0.501. The van der Waals surface area contributed by atoms with Crippen molar-refractivity contribution in [2.75, 3.05) is 0 Å². The molecule has 2 aromatic carbocycles. The van der Waals surface area contributed by atoms with Crippen molar-refractivity contribution in [3.63, 3.8) is 0 Å². The van der Waals surface area contributed by atoms with Crippen LogP contribution < -0.4 is 11.0 Å². The largest absolute Gasteiger partial charge is 0.344 e. The number of carbonyl (C=O) groups is 1. The van der Waals surface area contributed by atoms with Gasteiger partial charge in [0.25, 0.3) is 0 Å². The SMILES string of the molecule is CCn1c(=O)n(CCC(=O)N[C@@H](c2ccccc2)c2cccs2)c2ccccc21. The van der Waals surface area contributed by atoms with Crippen LogP contribution in [0.5, 0.6) is 0 Å². The number of hydrogen-bond donors (Lipinski definition) is 1. The molecule has 5 nitrogen and oxygen atoms in total. The van der Waals surface area contributed by atoms with Crippen LogP contribution in [0, 0.1) is 0 Å². The van der Waals surface area contributed by atoms with E-state index in [9.17, 15) is 9.59 Å². The van der Waals surface area contributed by atoms with Crippen LogP contribution in [0.2, 0.25) is 0 Å². The van der Waals surface area contributed by atoms with Gasteiger partial charge in [0.1, 0.15) is 0 Å². The van der Waals surface area contributed by atoms with Gasteiger partial charge in [0.05, 0.1) is 17.1 Å². The van der Waals surface area contributed by atoms with Gasteiger partial charge in [-0.2, -0.15) is 0 Å². The number of hydrogen-bond acceptors (Lipinski definition) is 3. The first-order valence-corrected chi connectivity index (χ1v) is 10.6. The van der Waals surface area contributed by atoms with Crippen molar-refractivity contribution in [1.29, 1.82) is 0 Å². The Morgan fingerprint density at radius 1 is 0.966 bits per heavy atom. The maximum Gasteiger partial charge on any atom is 0.329 e. The van der Waals surface area contributed by atoms with Gasteiger partial charge in [0.2, 0.25) is 5.91 Å². The molecule has 0 aliphatic rings. The second kappa shape index (κ2) is 8.49. The molecule has 0 saturated carbocycles. The molecule has 0 bridgehead atoms. The summed E-state index contributed by atoms with van der Waals surface area (Å²) < 4.78 is 3.44. The average Bonchev–Trinajstić information content (AvgIpc) is 3.37. The number of amides is 1. The lowest BCUT2D eigenvalue weighted by molar-refractivity contribution is -0.121. The van der Waals surface area contributed by atoms with Gasteiger partial charge in [0, 0.05) is 24.4 Å². The third-order valence-corrected chi connectivity index (χ3v) is 6.01. The summed E-state index contributed by atoms with van der Waals surface area (Å²) in [5.74, 6) is -0.0764. The Morgan fingerprint density at radius 3 is 2.31 bits per heavy atom. The van der Waals surface area contributed by atoms with Crippen LogP contribution >= 0.6 is 11.3 Å². The molecule has 0 aliphatic carbocycles. The first-order valence-electron chi connectivity index (χ1n) is 9.75. The maximum absolute atomic E-state index is 12.8. The lowest BCUT2D eigenvalue weighted by Gasteiger charge is -2.18. The third-order valence-electron chi connectivity index (χ3n) is 5.07. The van der Waals surface area contributed by atoms with Crippen LogP contribution in [0.25, 0.3) is 11.0 Å². The molecular formula is C23H23N3O2S. The van der Waals surface area contributed by atoms with Gasteiger partial charge in [-0.25, -0.2) is 4.79 Å². The van der Waals surface area contributed by atoms with Crippen LogP contribution in [0.15, 0.2) is 76.9 Å². The summed E-state index contributed by atoms with van der Waals surface area (Å²) in [7, 11) is 0. The van der Waals surface area contributed by atoms with Crippen LogP contribution in [0.1, 0.15) is 29.8 Å². The molecule has 1 amide bonds. The number of carbonyl (C=O) groups excluding carboxylic acids is 1. The number of fused-ring (bicyclic) bond motifs is 1. The van der Waals surface area contributed by atoms with Gasteiger partial charge >= 0.3 is 5.69 Å². The number of aromatic nitrogens is 2. The molecule has 0 fully saturated rings. The van der Waals surface area contributed by atoms with E-state index in [0.29, 0.717) is 13.1 Å². The number of para-hydroxylation sites is 2. The number of aryl methyl sites for hydroxylation is 2. The van der Waals surface area contributed by atoms with E-state index in [1.807, 2.05) is 79.0 Å². The zero-order chi connectivity index (χ0) is 20.2. The topological polar surface area (TPSA) is 56.0 Å². The Balaban J connectivity index is 1.54. The second-order valence-electron chi connectivity index (χ2n) is 6.84. The van der Waals surface area contributed by atoms with Crippen LogP contribution in [-0.2, 0) is 17.9 Å². The standard InChI is InChI=1S/C23H23N3O2S/c1-2-25-18-11-6-7-12-19(18)26(23(25)28)15-14-21(27)24-22(20-13-8-16-29-20)17-9-4-3-5-10-17/h3-13,16,22H,2,14-15H2,1H3,(H,24,27)/t22-/m0/s1. The van der Waals surface area contributed by atoms with Gasteiger partial charge in [-0.05, 0) is 36.1 Å². The van der Waals surface area contributed by atoms with E-state index in [2.05, 4.69) is 5.32 Å². The minimum Gasteiger partial charge on any atom is -0.344 e. The molecule has 0 spiro atoms. The van der Waals surface area contributed by atoms with Crippen LogP contribution in [-0.4, -0.2) is 15.0 Å². The summed E-state index contributed by atoms with van der Waals surface area (Å²) in [6, 6.07) is 21.5. The summed E-state index contributed by atoms with van der Waals surface area (Å²) in [5, 5.41) is 5.15. The predicted molar refractivity (Wildman–Crippen MR) is 117 cm³/mol. The van der Waals surface area contributed by atoms with Gasteiger partial charge in [-0.1, -0.05) is 48.5 Å². The molecule has 1 atom stereocenters. The third kappa shape index (κ3) is 3.89. The molecule has 4 rings (SSSR count). The first-order chi connectivity index (χ1) is 14.2. The van der Waals surface area contributed by atoms with Crippen molar-refractivity contribution in [2.45, 2.75) is 32.5 Å². The van der Waals surface area contributed by atoms with Crippen LogP contribution in [0.3, 0.4) is 0 Å². The van der Waals surface area contributed by atoms with Crippen molar-refractivity contribution in [1.82, 2.24) is 14.5 Å². The van der Waals surface area contributed by atoms with E-state index in [-0.39, 0.29) is 24.1 Å². The van der Waals surface area contributed by atoms with E-state index in [1.165, 1.54) is 0 Å². The highest BCUT2D eigenvalue weighted by molar-refractivity contribution is 7.10. The monoisotopic (exact) mass is 405 g/mol. The minimum atomic E-state index is -0.183. The molecule has 0 unspecified atom stereocenters. The fraction of sp³-hybridized carbons (Fsp3) is 0.217. The smallest absolute Gasteiger partial charge is 0.329 e. The Bertz CT molecular complexity index is 1160. The van der Waals surface area contributed by atoms with E-state index < -0.39 is 0 Å². The minimum absolute atomic E-state index is 0.0700. The van der Waals surface area contributed by atoms with Crippen molar-refractivity contribution in [3.8, 4) is 0 Å². The average molecular weight is 406 g/mol. The summed E-state index contributed by atoms with van der Waals surface area (Å²) in [6.07, 6.45) is 0.242. The summed E-state index contributed by atoms with van der Waals surface area (Å²) in [6.45, 7) is 2.91. The van der Waals surface area contributed by atoms with Gasteiger partial charge in [0.15, 0.2) is 0 Å². The molecule has 0 radical (unpaired) electrons. The maximum atomic E-state index is 12.8. The normalized spacial score (nSPS) is 12.2. The Kier molecular flexibility index (Phi) is 5.62. The van der Waals surface area contributed by atoms with Gasteiger partial charge < -0.3 is 5.32 Å². The zero-order valence-electron chi connectivity index (χ0n) is 16.2. The molecule has 4 aromatic rings. The van der Waals surface area contributed by atoms with E-state index in [0.717, 1.165) is 21.5 Å². The fourth-order valence-corrected chi connectivity index (χ4v) is 4.46. The Morgan fingerprint density at radius 2 is 1.66 bits per heavy atom. The number of thiophene rings is 1. The van der Waals surface area contributed by atoms with Crippen molar-refractivity contribution in [3.05, 3.63) is 93.0 Å². The first kappa shape index (κ1) is 19.2.